The van der Waals surface area contributed by atoms with Gasteiger partial charge in [-0.15, -0.1) is 0 Å². The molecule has 0 aromatic heterocycles. The van der Waals surface area contributed by atoms with E-state index >= 15 is 0 Å². The third kappa shape index (κ3) is 4.95. The predicted molar refractivity (Wildman–Crippen MR) is 97.0 cm³/mol. The topological polar surface area (TPSA) is 73.6 Å². The van der Waals surface area contributed by atoms with E-state index in [1.54, 1.807) is 43.5 Å². The SMILES string of the molecule is COCCNC(=O)c1cc(Br)c(Oc2ccc(N)cc2)c(Br)c1. The number of carbonyl (C=O) groups excluding carboxylic acids is 1. The van der Waals surface area contributed by atoms with Crippen LogP contribution >= 0.6 is 31.9 Å². The van der Waals surface area contributed by atoms with Crippen LogP contribution in [0.4, 0.5) is 5.69 Å². The minimum absolute atomic E-state index is 0.178. The number of halogens is 2. The molecule has 2 rings (SSSR count). The highest BCUT2D eigenvalue weighted by Crippen LogP contribution is 2.38. The first-order chi connectivity index (χ1) is 11.0. The molecule has 0 saturated heterocycles. The third-order valence-electron chi connectivity index (χ3n) is 2.95. The average molecular weight is 444 g/mol. The Morgan fingerprint density at radius 1 is 1.17 bits per heavy atom. The summed E-state index contributed by atoms with van der Waals surface area (Å²) in [5.41, 5.74) is 6.84. The van der Waals surface area contributed by atoms with Gasteiger partial charge in [0.25, 0.3) is 5.91 Å². The Bertz CT molecular complexity index is 667. The van der Waals surface area contributed by atoms with Crippen molar-refractivity contribution < 1.29 is 14.3 Å². The lowest BCUT2D eigenvalue weighted by Gasteiger charge is -2.12. The van der Waals surface area contributed by atoms with Gasteiger partial charge in [0.1, 0.15) is 5.75 Å². The molecule has 5 nitrogen and oxygen atoms in total. The van der Waals surface area contributed by atoms with E-state index in [-0.39, 0.29) is 5.91 Å². The summed E-state index contributed by atoms with van der Waals surface area (Å²) in [7, 11) is 1.59. The molecule has 0 unspecified atom stereocenters. The van der Waals surface area contributed by atoms with Crippen LogP contribution < -0.4 is 15.8 Å². The second kappa shape index (κ2) is 8.33. The number of carbonyl (C=O) groups is 1. The molecule has 1 amide bonds. The van der Waals surface area contributed by atoms with Crippen LogP contribution in [0.1, 0.15) is 10.4 Å². The van der Waals surface area contributed by atoms with Gasteiger partial charge in [-0.3, -0.25) is 4.79 Å². The molecule has 3 N–H and O–H groups in total. The molecule has 23 heavy (non-hydrogen) atoms. The van der Waals surface area contributed by atoms with Gasteiger partial charge in [0.15, 0.2) is 5.75 Å². The molecule has 0 radical (unpaired) electrons. The van der Waals surface area contributed by atoms with Gasteiger partial charge in [-0.05, 0) is 68.3 Å². The number of nitrogens with two attached hydrogens (primary N) is 1. The fourth-order valence-corrected chi connectivity index (χ4v) is 3.16. The zero-order chi connectivity index (χ0) is 16.8. The number of hydrogen-bond acceptors (Lipinski definition) is 4. The molecule has 0 fully saturated rings. The average Bonchev–Trinajstić information content (AvgIpc) is 2.52. The van der Waals surface area contributed by atoms with E-state index < -0.39 is 0 Å². The monoisotopic (exact) mass is 442 g/mol. The van der Waals surface area contributed by atoms with Crippen LogP contribution in [0.3, 0.4) is 0 Å². The van der Waals surface area contributed by atoms with Crippen LogP contribution in [0.2, 0.25) is 0 Å². The lowest BCUT2D eigenvalue weighted by molar-refractivity contribution is 0.0937. The molecule has 7 heteroatoms. The minimum Gasteiger partial charge on any atom is -0.455 e. The number of hydrogen-bond donors (Lipinski definition) is 2. The highest BCUT2D eigenvalue weighted by molar-refractivity contribution is 9.11. The van der Waals surface area contributed by atoms with Gasteiger partial charge in [-0.1, -0.05) is 0 Å². The Morgan fingerprint density at radius 3 is 2.35 bits per heavy atom. The molecule has 122 valence electrons. The maximum atomic E-state index is 12.1. The van der Waals surface area contributed by atoms with Crippen molar-refractivity contribution in [2.45, 2.75) is 0 Å². The van der Waals surface area contributed by atoms with Crippen molar-refractivity contribution in [1.82, 2.24) is 5.32 Å². The quantitative estimate of drug-likeness (QED) is 0.523. The number of benzene rings is 2. The van der Waals surface area contributed by atoms with Gasteiger partial charge in [0, 0.05) is 24.9 Å². The summed E-state index contributed by atoms with van der Waals surface area (Å²) in [5, 5.41) is 2.77. The summed E-state index contributed by atoms with van der Waals surface area (Å²) in [5.74, 6) is 1.06. The number of ether oxygens (including phenoxy) is 2. The number of methoxy groups -OCH3 is 1. The molecule has 0 atom stereocenters. The second-order valence-electron chi connectivity index (χ2n) is 4.69. The van der Waals surface area contributed by atoms with Crippen molar-refractivity contribution >= 4 is 43.5 Å². The van der Waals surface area contributed by atoms with Gasteiger partial charge < -0.3 is 20.5 Å². The zero-order valence-electron chi connectivity index (χ0n) is 12.4. The number of amides is 1. The predicted octanol–water partition coefficient (Wildman–Crippen LogP) is 3.96. The first-order valence-electron chi connectivity index (χ1n) is 6.81. The highest BCUT2D eigenvalue weighted by atomic mass is 79.9. The number of nitrogen functional groups attached to an aromatic ring is 1. The van der Waals surface area contributed by atoms with Crippen molar-refractivity contribution in [3.63, 3.8) is 0 Å². The van der Waals surface area contributed by atoms with Crippen molar-refractivity contribution in [2.75, 3.05) is 26.0 Å². The number of rotatable bonds is 6. The van der Waals surface area contributed by atoms with Crippen molar-refractivity contribution in [3.05, 3.63) is 50.9 Å². The van der Waals surface area contributed by atoms with E-state index in [2.05, 4.69) is 37.2 Å². The molecule has 0 heterocycles. The Labute approximate surface area is 151 Å². The Kier molecular flexibility index (Phi) is 6.44. The summed E-state index contributed by atoms with van der Waals surface area (Å²) in [4.78, 5) is 12.1. The lowest BCUT2D eigenvalue weighted by Crippen LogP contribution is -2.26. The standard InChI is InChI=1S/C16H16Br2N2O3/c1-22-7-6-20-16(21)10-8-13(17)15(14(18)9-10)23-12-4-2-11(19)3-5-12/h2-5,8-9H,6-7,19H2,1H3,(H,20,21). The maximum absolute atomic E-state index is 12.1. The molecule has 2 aromatic carbocycles. The second-order valence-corrected chi connectivity index (χ2v) is 6.40. The summed E-state index contributed by atoms with van der Waals surface area (Å²) in [6.07, 6.45) is 0. The van der Waals surface area contributed by atoms with Crippen LogP contribution in [0.5, 0.6) is 11.5 Å². The van der Waals surface area contributed by atoms with Gasteiger partial charge in [-0.25, -0.2) is 0 Å². The molecular weight excluding hydrogens is 428 g/mol. The molecule has 0 spiro atoms. The Morgan fingerprint density at radius 2 is 1.78 bits per heavy atom. The molecule has 0 aliphatic heterocycles. The van der Waals surface area contributed by atoms with E-state index in [9.17, 15) is 4.79 Å². The van der Waals surface area contributed by atoms with Crippen molar-refractivity contribution in [2.24, 2.45) is 0 Å². The first kappa shape index (κ1) is 17.8. The zero-order valence-corrected chi connectivity index (χ0v) is 15.6. The van der Waals surface area contributed by atoms with Crippen LogP contribution in [-0.4, -0.2) is 26.2 Å². The summed E-state index contributed by atoms with van der Waals surface area (Å²) in [6, 6.07) is 10.5. The molecule has 0 bridgehead atoms. The molecule has 0 aliphatic rings. The van der Waals surface area contributed by atoms with Crippen LogP contribution in [-0.2, 0) is 4.74 Å². The van der Waals surface area contributed by atoms with Gasteiger partial charge in [0.2, 0.25) is 0 Å². The summed E-state index contributed by atoms with van der Waals surface area (Å²) < 4.78 is 12.1. The number of anilines is 1. The largest absolute Gasteiger partial charge is 0.455 e. The summed E-state index contributed by atoms with van der Waals surface area (Å²) in [6.45, 7) is 0.917. The maximum Gasteiger partial charge on any atom is 0.251 e. The first-order valence-corrected chi connectivity index (χ1v) is 8.39. The van der Waals surface area contributed by atoms with Crippen LogP contribution in [0.15, 0.2) is 45.3 Å². The Hall–Kier alpha value is -1.57. The third-order valence-corrected chi connectivity index (χ3v) is 4.13. The molecule has 0 saturated carbocycles. The smallest absolute Gasteiger partial charge is 0.251 e. The van der Waals surface area contributed by atoms with E-state index in [1.165, 1.54) is 0 Å². The number of nitrogens with one attached hydrogen (secondary N) is 1. The van der Waals surface area contributed by atoms with Gasteiger partial charge >= 0.3 is 0 Å². The molecule has 2 aromatic rings. The summed E-state index contributed by atoms with van der Waals surface area (Å²) >= 11 is 6.87. The molecular formula is C16H16Br2N2O3. The fraction of sp³-hybridized carbons (Fsp3) is 0.188. The van der Waals surface area contributed by atoms with E-state index in [1.807, 2.05) is 0 Å². The Balaban J connectivity index is 2.16. The fourth-order valence-electron chi connectivity index (χ4n) is 1.81. The van der Waals surface area contributed by atoms with Gasteiger partial charge in [-0.2, -0.15) is 0 Å². The van der Waals surface area contributed by atoms with E-state index in [4.69, 9.17) is 15.2 Å². The minimum atomic E-state index is -0.178. The van der Waals surface area contributed by atoms with E-state index in [0.717, 1.165) is 0 Å². The van der Waals surface area contributed by atoms with Crippen molar-refractivity contribution in [3.8, 4) is 11.5 Å². The van der Waals surface area contributed by atoms with E-state index in [0.29, 0.717) is 44.8 Å². The lowest BCUT2D eigenvalue weighted by atomic mass is 10.2. The van der Waals surface area contributed by atoms with Gasteiger partial charge in [0.05, 0.1) is 15.6 Å². The van der Waals surface area contributed by atoms with Crippen molar-refractivity contribution in [1.29, 1.82) is 0 Å². The van der Waals surface area contributed by atoms with Crippen LogP contribution in [0, 0.1) is 0 Å². The molecule has 0 aliphatic carbocycles. The highest BCUT2D eigenvalue weighted by Gasteiger charge is 2.14. The normalized spacial score (nSPS) is 10.4. The van der Waals surface area contributed by atoms with Crippen LogP contribution in [0.25, 0.3) is 0 Å².